The summed E-state index contributed by atoms with van der Waals surface area (Å²) in [5, 5.41) is 12.2. The van der Waals surface area contributed by atoms with E-state index in [0.29, 0.717) is 30.6 Å². The second-order valence-corrected chi connectivity index (χ2v) is 10.1. The number of carbonyl (C=O) groups is 1. The van der Waals surface area contributed by atoms with Gasteiger partial charge in [0.05, 0.1) is 25.1 Å². The molecule has 1 aliphatic heterocycles. The van der Waals surface area contributed by atoms with Gasteiger partial charge in [0.2, 0.25) is 5.13 Å². The van der Waals surface area contributed by atoms with E-state index in [0.717, 1.165) is 38.6 Å². The third-order valence-corrected chi connectivity index (χ3v) is 7.57. The smallest absolute Gasteiger partial charge is 0.206 e. The van der Waals surface area contributed by atoms with Gasteiger partial charge in [-0.25, -0.2) is 0 Å². The summed E-state index contributed by atoms with van der Waals surface area (Å²) in [6, 6.07) is 13.4. The van der Waals surface area contributed by atoms with Crippen LogP contribution in [0.3, 0.4) is 0 Å². The number of aryl methyl sites for hydroxylation is 1. The van der Waals surface area contributed by atoms with Gasteiger partial charge in [-0.15, -0.1) is 10.2 Å². The molecule has 8 nitrogen and oxygen atoms in total. The first-order valence-electron chi connectivity index (χ1n) is 10.9. The van der Waals surface area contributed by atoms with Crippen LogP contribution in [0.4, 0.5) is 5.13 Å². The van der Waals surface area contributed by atoms with Gasteiger partial charge in [0, 0.05) is 17.0 Å². The van der Waals surface area contributed by atoms with Gasteiger partial charge < -0.3 is 23.8 Å². The molecule has 176 valence electrons. The van der Waals surface area contributed by atoms with Crippen molar-refractivity contribution in [3.05, 3.63) is 71.4 Å². The largest absolute Gasteiger partial charge is 0.486 e. The summed E-state index contributed by atoms with van der Waals surface area (Å²) in [6.07, 6.45) is 1.51. The highest BCUT2D eigenvalue weighted by molar-refractivity contribution is 8.01. The lowest BCUT2D eigenvalue weighted by molar-refractivity contribution is 0.0777. The van der Waals surface area contributed by atoms with Crippen molar-refractivity contribution in [2.75, 3.05) is 17.7 Å². The van der Waals surface area contributed by atoms with E-state index in [2.05, 4.69) is 20.1 Å². The van der Waals surface area contributed by atoms with Gasteiger partial charge in [0.25, 0.3) is 0 Å². The van der Waals surface area contributed by atoms with Crippen LogP contribution in [0.15, 0.2) is 57.5 Å². The minimum absolute atomic E-state index is 0.0656. The number of benzene rings is 1. The summed E-state index contributed by atoms with van der Waals surface area (Å²) in [6.45, 7) is 5.62. The summed E-state index contributed by atoms with van der Waals surface area (Å²) in [5.41, 5.74) is 2.68. The molecule has 0 amide bonds. The van der Waals surface area contributed by atoms with Crippen molar-refractivity contribution in [1.82, 2.24) is 14.8 Å². The van der Waals surface area contributed by atoms with Crippen LogP contribution < -0.4 is 14.8 Å². The Morgan fingerprint density at radius 2 is 2.06 bits per heavy atom. The van der Waals surface area contributed by atoms with E-state index in [1.54, 1.807) is 6.26 Å². The fourth-order valence-electron chi connectivity index (χ4n) is 3.84. The van der Waals surface area contributed by atoms with Crippen LogP contribution in [0, 0.1) is 13.8 Å². The van der Waals surface area contributed by atoms with Gasteiger partial charge in [-0.1, -0.05) is 35.2 Å². The van der Waals surface area contributed by atoms with Crippen LogP contribution in [0.25, 0.3) is 0 Å². The lowest BCUT2D eigenvalue weighted by Crippen LogP contribution is -2.33. The molecule has 0 aliphatic carbocycles. The normalized spacial score (nSPS) is 14.8. The molecule has 1 aromatic carbocycles. The minimum atomic E-state index is -0.120. The van der Waals surface area contributed by atoms with Gasteiger partial charge in [-0.3, -0.25) is 4.79 Å². The Labute approximate surface area is 205 Å². The summed E-state index contributed by atoms with van der Waals surface area (Å²) < 4.78 is 20.1. The molecule has 1 atom stereocenters. The quantitative estimate of drug-likeness (QED) is 0.256. The highest BCUT2D eigenvalue weighted by Crippen LogP contribution is 2.32. The fourth-order valence-corrected chi connectivity index (χ4v) is 5.47. The van der Waals surface area contributed by atoms with Gasteiger partial charge in [0.1, 0.15) is 12.4 Å². The van der Waals surface area contributed by atoms with E-state index >= 15 is 0 Å². The van der Waals surface area contributed by atoms with E-state index in [1.165, 1.54) is 23.1 Å². The third kappa shape index (κ3) is 4.97. The van der Waals surface area contributed by atoms with Crippen LogP contribution in [-0.4, -0.2) is 39.0 Å². The van der Waals surface area contributed by atoms with Crippen molar-refractivity contribution in [2.24, 2.45) is 0 Å². The number of nitrogens with one attached hydrogen (secondary N) is 1. The van der Waals surface area contributed by atoms with Gasteiger partial charge in [-0.2, -0.15) is 0 Å². The SMILES string of the molecule is Cc1cc(C(=O)CSc2nnc(NCc3ccco3)s2)c(C)n1CC1COc2ccccc2O1. The van der Waals surface area contributed by atoms with Crippen LogP contribution in [-0.2, 0) is 13.1 Å². The zero-order chi connectivity index (χ0) is 23.5. The number of hydrogen-bond donors (Lipinski definition) is 1. The third-order valence-electron chi connectivity index (χ3n) is 5.55. The number of fused-ring (bicyclic) bond motifs is 1. The number of thioether (sulfide) groups is 1. The number of carbonyl (C=O) groups excluding carboxylic acids is 1. The summed E-state index contributed by atoms with van der Waals surface area (Å²) >= 11 is 2.82. The van der Waals surface area contributed by atoms with E-state index < -0.39 is 0 Å². The molecular weight excluding hydrogens is 472 g/mol. The molecular formula is C24H24N4O4S2. The van der Waals surface area contributed by atoms with Crippen molar-refractivity contribution in [3.63, 3.8) is 0 Å². The van der Waals surface area contributed by atoms with Crippen molar-refractivity contribution >= 4 is 34.0 Å². The van der Waals surface area contributed by atoms with Gasteiger partial charge >= 0.3 is 0 Å². The molecule has 0 fully saturated rings. The van der Waals surface area contributed by atoms with Crippen molar-refractivity contribution in [2.45, 2.75) is 37.4 Å². The maximum Gasteiger partial charge on any atom is 0.206 e. The van der Waals surface area contributed by atoms with Crippen LogP contribution in [0.2, 0.25) is 0 Å². The van der Waals surface area contributed by atoms with E-state index in [-0.39, 0.29) is 11.9 Å². The zero-order valence-corrected chi connectivity index (χ0v) is 20.4. The topological polar surface area (TPSA) is 91.4 Å². The molecule has 0 saturated carbocycles. The zero-order valence-electron chi connectivity index (χ0n) is 18.8. The number of para-hydroxylation sites is 2. The molecule has 4 heterocycles. The molecule has 1 unspecified atom stereocenters. The number of hydrogen-bond acceptors (Lipinski definition) is 9. The van der Waals surface area contributed by atoms with Crippen LogP contribution in [0.5, 0.6) is 11.5 Å². The maximum atomic E-state index is 13.0. The molecule has 10 heteroatoms. The number of anilines is 1. The Balaban J connectivity index is 1.18. The molecule has 0 spiro atoms. The maximum absolute atomic E-state index is 13.0. The average molecular weight is 497 g/mol. The number of furan rings is 1. The predicted octanol–water partition coefficient (Wildman–Crippen LogP) is 4.98. The van der Waals surface area contributed by atoms with Gasteiger partial charge in [-0.05, 0) is 44.2 Å². The second kappa shape index (κ2) is 9.94. The first-order chi connectivity index (χ1) is 16.6. The molecule has 0 saturated heterocycles. The number of nitrogens with zero attached hydrogens (tertiary/aromatic N) is 3. The van der Waals surface area contributed by atoms with Crippen LogP contribution >= 0.6 is 23.1 Å². The molecule has 3 aromatic heterocycles. The number of Topliss-reactive ketones (excluding diaryl/α,β-unsaturated/α-hetero) is 1. The number of ketones is 1. The van der Waals surface area contributed by atoms with E-state index in [1.807, 2.05) is 56.3 Å². The van der Waals surface area contributed by atoms with E-state index in [4.69, 9.17) is 13.9 Å². The Morgan fingerprint density at radius 1 is 1.21 bits per heavy atom. The Bertz CT molecular complexity index is 1280. The molecule has 5 rings (SSSR count). The molecule has 0 radical (unpaired) electrons. The summed E-state index contributed by atoms with van der Waals surface area (Å²) in [7, 11) is 0. The highest BCUT2D eigenvalue weighted by atomic mass is 32.2. The van der Waals surface area contributed by atoms with E-state index in [9.17, 15) is 4.79 Å². The Morgan fingerprint density at radius 3 is 2.88 bits per heavy atom. The Hall–Kier alpha value is -3.24. The Kier molecular flexibility index (Phi) is 6.59. The molecule has 1 N–H and O–H groups in total. The fraction of sp³-hybridized carbons (Fsp3) is 0.292. The molecule has 34 heavy (non-hydrogen) atoms. The lowest BCUT2D eigenvalue weighted by Gasteiger charge is -2.27. The van der Waals surface area contributed by atoms with Crippen molar-refractivity contribution in [1.29, 1.82) is 0 Å². The second-order valence-electron chi connectivity index (χ2n) is 7.91. The van der Waals surface area contributed by atoms with Crippen LogP contribution in [0.1, 0.15) is 27.5 Å². The number of ether oxygens (including phenoxy) is 2. The number of rotatable bonds is 9. The predicted molar refractivity (Wildman–Crippen MR) is 131 cm³/mol. The number of aromatic nitrogens is 3. The summed E-state index contributed by atoms with van der Waals surface area (Å²) in [5.74, 6) is 2.71. The van der Waals surface area contributed by atoms with Crippen molar-refractivity contribution < 1.29 is 18.7 Å². The summed E-state index contributed by atoms with van der Waals surface area (Å²) in [4.78, 5) is 13.0. The lowest BCUT2D eigenvalue weighted by atomic mass is 10.2. The first-order valence-corrected chi connectivity index (χ1v) is 12.7. The first kappa shape index (κ1) is 22.5. The minimum Gasteiger partial charge on any atom is -0.486 e. The van der Waals surface area contributed by atoms with Gasteiger partial charge in [0.15, 0.2) is 27.7 Å². The molecule has 1 aliphatic rings. The average Bonchev–Trinajstić information content (AvgIpc) is 3.59. The molecule has 4 aromatic rings. The highest BCUT2D eigenvalue weighted by Gasteiger charge is 2.24. The molecule has 0 bridgehead atoms. The standard InChI is InChI=1S/C24H24N4O4S2/c1-15-10-19(16(2)28(15)12-18-13-31-21-7-3-4-8-22(21)32-18)20(29)14-33-24-27-26-23(34-24)25-11-17-6-5-9-30-17/h3-10,18H,11-14H2,1-2H3,(H,25,26). The monoisotopic (exact) mass is 496 g/mol. The van der Waals surface area contributed by atoms with Crippen molar-refractivity contribution in [3.8, 4) is 11.5 Å².